The lowest BCUT2D eigenvalue weighted by atomic mass is 9.78. The SMILES string of the molecule is [2H]c1c(C([2H])([2H])[2H])c([2H])c2nc3c4c5c6c(C)c(O)c4c(O)c(c3n2c1[2H])NC(=O)/C(C)=C\C=C/[C@H](C)[C@H](O)[C@@H](C)[C@@H](O)[C@@H](C)[C@H](OC(C)=O)[C@H](C)[C@@H](OC)/C=C\O[C@@](C)(O6)C5=O. The number of nitrogens with one attached hydrogen (secondary N) is 1. The highest BCUT2D eigenvalue weighted by Crippen LogP contribution is 2.54. The number of aromatic nitrogens is 2. The lowest BCUT2D eigenvalue weighted by Crippen LogP contribution is -2.46. The number of ketones is 1. The van der Waals surface area contributed by atoms with Crippen LogP contribution in [0.25, 0.3) is 27.5 Å². The van der Waals surface area contributed by atoms with Crippen LogP contribution in [-0.4, -0.2) is 84.8 Å². The molecule has 3 aliphatic rings. The van der Waals surface area contributed by atoms with Gasteiger partial charge in [-0.2, -0.15) is 0 Å². The summed E-state index contributed by atoms with van der Waals surface area (Å²) in [6.07, 6.45) is 2.21. The molecule has 2 aromatic carbocycles. The predicted octanol–water partition coefficient (Wildman–Crippen LogP) is 6.16. The highest BCUT2D eigenvalue weighted by Gasteiger charge is 2.50. The van der Waals surface area contributed by atoms with Crippen LogP contribution in [0, 0.1) is 37.4 Å². The Morgan fingerprint density at radius 3 is 2.44 bits per heavy atom. The van der Waals surface area contributed by atoms with Gasteiger partial charge in [-0.3, -0.25) is 18.8 Å². The fourth-order valence-electron chi connectivity index (χ4n) is 7.74. The van der Waals surface area contributed by atoms with Gasteiger partial charge in [-0.25, -0.2) is 4.98 Å². The Labute approximate surface area is 338 Å². The number of rotatable bonds is 2. The third-order valence-corrected chi connectivity index (χ3v) is 11.2. The van der Waals surface area contributed by atoms with Crippen molar-refractivity contribution in [3.63, 3.8) is 0 Å². The van der Waals surface area contributed by atoms with Crippen molar-refractivity contribution in [2.75, 3.05) is 12.4 Å². The number of hydrogen-bond donors (Lipinski definition) is 5. The van der Waals surface area contributed by atoms with Gasteiger partial charge in [0.05, 0.1) is 39.6 Å². The van der Waals surface area contributed by atoms with Crippen molar-refractivity contribution in [2.24, 2.45) is 23.7 Å². The maximum atomic E-state index is 14.7. The summed E-state index contributed by atoms with van der Waals surface area (Å²) in [7, 11) is 1.40. The van der Waals surface area contributed by atoms with E-state index in [1.807, 2.05) is 0 Å². The maximum Gasteiger partial charge on any atom is 0.312 e. The van der Waals surface area contributed by atoms with Crippen LogP contribution < -0.4 is 10.1 Å². The highest BCUT2D eigenvalue weighted by atomic mass is 16.7. The molecule has 1 amide bonds. The van der Waals surface area contributed by atoms with Crippen molar-refractivity contribution in [3.05, 3.63) is 71.1 Å². The second-order valence-corrected chi connectivity index (χ2v) is 15.1. The number of fused-ring (bicyclic) bond motifs is 14. The second kappa shape index (κ2) is 15.5. The number of methoxy groups -OCH3 is 1. The van der Waals surface area contributed by atoms with Crippen LogP contribution in [0.1, 0.15) is 78.2 Å². The van der Waals surface area contributed by atoms with E-state index in [1.165, 1.54) is 53.0 Å². The number of aliphatic hydroxyl groups excluding tert-OH is 2. The van der Waals surface area contributed by atoms with Gasteiger partial charge in [-0.1, -0.05) is 45.9 Å². The number of phenolic OH excluding ortho intramolecular Hbond substituents is 2. The van der Waals surface area contributed by atoms with Gasteiger partial charge in [0.25, 0.3) is 11.7 Å². The average molecular weight is 792 g/mol. The summed E-state index contributed by atoms with van der Waals surface area (Å²) in [6, 6.07) is -1.62. The molecule has 0 saturated heterocycles. The first kappa shape index (κ1) is 33.7. The summed E-state index contributed by atoms with van der Waals surface area (Å²) in [5.74, 6) is -8.76. The molecule has 0 fully saturated rings. The molecule has 5 N–H and O–H groups in total. The number of Topliss-reactive ketones (excluding diaryl/α,β-unsaturated/α-hetero) is 1. The van der Waals surface area contributed by atoms with E-state index in [1.54, 1.807) is 33.8 Å². The zero-order valence-corrected chi connectivity index (χ0v) is 33.0. The fraction of sp³-hybridized carbons (Fsp3) is 0.442. The number of benzene rings is 2. The molecule has 4 aromatic rings. The fourth-order valence-corrected chi connectivity index (χ4v) is 7.74. The minimum atomic E-state index is -3.03. The number of imidazole rings is 1. The van der Waals surface area contributed by atoms with Crippen LogP contribution in [0.5, 0.6) is 17.2 Å². The molecule has 9 atom stereocenters. The van der Waals surface area contributed by atoms with Gasteiger partial charge < -0.3 is 44.7 Å². The molecule has 5 heterocycles. The number of pyridine rings is 1. The third-order valence-electron chi connectivity index (χ3n) is 11.2. The van der Waals surface area contributed by atoms with E-state index in [0.717, 1.165) is 10.7 Å². The van der Waals surface area contributed by atoms with Crippen LogP contribution in [0.2, 0.25) is 0 Å². The third kappa shape index (κ3) is 7.10. The summed E-state index contributed by atoms with van der Waals surface area (Å²) >= 11 is 0. The number of ether oxygens (including phenoxy) is 4. The Kier molecular flexibility index (Phi) is 9.15. The lowest BCUT2D eigenvalue weighted by molar-refractivity contribution is -0.160. The van der Waals surface area contributed by atoms with Crippen LogP contribution in [-0.2, 0) is 23.8 Å². The lowest BCUT2D eigenvalue weighted by Gasteiger charge is -2.38. The summed E-state index contributed by atoms with van der Waals surface area (Å²) in [5, 5.41) is 48.8. The first-order valence-corrected chi connectivity index (χ1v) is 18.5. The maximum absolute atomic E-state index is 14.7. The monoisotopic (exact) mass is 791 g/mol. The van der Waals surface area contributed by atoms with E-state index in [4.69, 9.17) is 27.2 Å². The van der Waals surface area contributed by atoms with Gasteiger partial charge in [-0.15, -0.1) is 0 Å². The molecule has 14 nitrogen and oxygen atoms in total. The Morgan fingerprint density at radius 1 is 1.05 bits per heavy atom. The van der Waals surface area contributed by atoms with Crippen LogP contribution >= 0.6 is 0 Å². The van der Waals surface area contributed by atoms with Gasteiger partial charge in [0.2, 0.25) is 0 Å². The van der Waals surface area contributed by atoms with Crippen molar-refractivity contribution >= 4 is 50.8 Å². The van der Waals surface area contributed by atoms with E-state index in [0.29, 0.717) is 0 Å². The Hall–Kier alpha value is -5.44. The van der Waals surface area contributed by atoms with Gasteiger partial charge in [0.15, 0.2) is 5.75 Å². The van der Waals surface area contributed by atoms with Crippen molar-refractivity contribution in [1.82, 2.24) is 9.38 Å². The Morgan fingerprint density at radius 2 is 1.77 bits per heavy atom. The van der Waals surface area contributed by atoms with E-state index < -0.39 is 125 Å². The van der Waals surface area contributed by atoms with Crippen molar-refractivity contribution < 1.29 is 62.0 Å². The van der Waals surface area contributed by atoms with Crippen molar-refractivity contribution in [3.8, 4) is 17.2 Å². The molecule has 304 valence electrons. The summed E-state index contributed by atoms with van der Waals surface area (Å²) in [5.41, 5.74) is -2.53. The molecule has 57 heavy (non-hydrogen) atoms. The number of aliphatic hydroxyl groups is 2. The van der Waals surface area contributed by atoms with Crippen LogP contribution in [0.3, 0.4) is 0 Å². The number of allylic oxidation sites excluding steroid dienone is 2. The molecule has 0 aliphatic carbocycles. The molecular formula is C43H51N3O11. The molecular weight excluding hydrogens is 734 g/mol. The van der Waals surface area contributed by atoms with Gasteiger partial charge in [0.1, 0.15) is 40.0 Å². The van der Waals surface area contributed by atoms with Gasteiger partial charge >= 0.3 is 11.8 Å². The molecule has 7 rings (SSSR count). The van der Waals surface area contributed by atoms with E-state index in [-0.39, 0.29) is 44.3 Å². The average Bonchev–Trinajstić information content (AvgIpc) is 3.74. The zero-order chi connectivity index (χ0) is 46.9. The molecule has 0 saturated carbocycles. The summed E-state index contributed by atoms with van der Waals surface area (Å²) in [6.45, 7) is 9.09. The van der Waals surface area contributed by atoms with Crippen molar-refractivity contribution in [2.45, 2.75) is 92.4 Å². The largest absolute Gasteiger partial charge is 0.507 e. The topological polar surface area (TPSA) is 198 Å². The molecule has 0 radical (unpaired) electrons. The van der Waals surface area contributed by atoms with Crippen LogP contribution in [0.15, 0.2) is 54.4 Å². The second-order valence-electron chi connectivity index (χ2n) is 15.1. The summed E-state index contributed by atoms with van der Waals surface area (Å²) < 4.78 is 75.2. The zero-order valence-electron chi connectivity index (χ0n) is 39.0. The van der Waals surface area contributed by atoms with E-state index >= 15 is 0 Å². The number of aromatic hydroxyl groups is 2. The number of hydrogen-bond acceptors (Lipinski definition) is 12. The van der Waals surface area contributed by atoms with E-state index in [2.05, 4.69) is 10.3 Å². The Bertz CT molecular complexity index is 2660. The number of carbonyl (C=O) groups is 3. The minimum Gasteiger partial charge on any atom is -0.507 e. The first-order chi connectivity index (χ1) is 29.3. The van der Waals surface area contributed by atoms with Gasteiger partial charge in [-0.05, 0) is 44.4 Å². The molecule has 14 heteroatoms. The van der Waals surface area contributed by atoms with Crippen molar-refractivity contribution in [1.29, 1.82) is 0 Å². The number of carbonyl (C=O) groups excluding carboxylic acids is 3. The smallest absolute Gasteiger partial charge is 0.312 e. The minimum absolute atomic E-state index is 0.0317. The summed E-state index contributed by atoms with van der Waals surface area (Å²) in [4.78, 5) is 45.6. The quantitative estimate of drug-likeness (QED) is 0.115. The number of nitrogens with zero attached hydrogens (tertiary/aromatic N) is 2. The van der Waals surface area contributed by atoms with E-state index in [9.17, 15) is 34.8 Å². The number of esters is 1. The highest BCUT2D eigenvalue weighted by molar-refractivity contribution is 6.28. The first-order valence-electron chi connectivity index (χ1n) is 21.5. The van der Waals surface area contributed by atoms with Crippen LogP contribution in [0.4, 0.5) is 5.69 Å². The normalized spacial score (nSPS) is 32.6. The molecule has 5 bridgehead atoms. The number of amides is 1. The standard InChI is InChI=1S/C43H51N3O11/c1-19-14-16-46-28(18-19)44-32-29-30-37(50)25(7)40-31(29)41(52)43(9,57-40)55-17-15-27(54-10)22(4)39(56-26(8)47)24(6)36(49)23(5)35(48)20(2)12-11-13-21(3)42(53)45-33(34(32)46)38(30)51/h11-18,20,22-24,27,35-36,39,48-51H,1-10H3,(H,45,53)/b12-11-,17-15-,21-13-/t20-,22+,23+,24+,27-,35-,36+,39+,43-/m0/s1/i1D3,14D,16D,18D. The van der Waals surface area contributed by atoms with Gasteiger partial charge in [0, 0.05) is 71.4 Å². The molecule has 2 aromatic heterocycles. The molecule has 3 aliphatic heterocycles. The predicted molar refractivity (Wildman–Crippen MR) is 213 cm³/mol. The number of phenols is 2. The molecule has 0 spiro atoms. The number of anilines is 1. The molecule has 0 unspecified atom stereocenters. The Balaban J connectivity index is 1.66.